The third-order valence-corrected chi connectivity index (χ3v) is 3.98. The molecule has 108 valence electrons. The van der Waals surface area contributed by atoms with E-state index in [2.05, 4.69) is 24.1 Å². The minimum atomic E-state index is -0.500. The summed E-state index contributed by atoms with van der Waals surface area (Å²) in [4.78, 5) is 26.9. The quantitative estimate of drug-likeness (QED) is 0.802. The Balaban J connectivity index is 1.94. The van der Waals surface area contributed by atoms with Crippen LogP contribution in [0.2, 0.25) is 0 Å². The fourth-order valence-electron chi connectivity index (χ4n) is 2.68. The molecule has 2 atom stereocenters. The maximum Gasteiger partial charge on any atom is 0.416 e. The van der Waals surface area contributed by atoms with Gasteiger partial charge in [0.15, 0.2) is 0 Å². The van der Waals surface area contributed by atoms with Gasteiger partial charge in [0.1, 0.15) is 6.61 Å². The van der Waals surface area contributed by atoms with Crippen LogP contribution in [0, 0.1) is 0 Å². The van der Waals surface area contributed by atoms with Gasteiger partial charge in [-0.05, 0) is 12.8 Å². The third-order valence-electron chi connectivity index (χ3n) is 3.98. The second-order valence-electron chi connectivity index (χ2n) is 5.16. The maximum atomic E-state index is 12.1. The van der Waals surface area contributed by atoms with Gasteiger partial charge < -0.3 is 10.1 Å². The summed E-state index contributed by atoms with van der Waals surface area (Å²) in [5.41, 5.74) is 0. The van der Waals surface area contributed by atoms with Gasteiger partial charge in [0.05, 0.1) is 13.1 Å². The predicted octanol–water partition coefficient (Wildman–Crippen LogP) is 0.428. The molecule has 0 radical (unpaired) electrons. The van der Waals surface area contributed by atoms with Crippen molar-refractivity contribution in [1.82, 2.24) is 15.1 Å². The van der Waals surface area contributed by atoms with Gasteiger partial charge in [-0.3, -0.25) is 9.69 Å². The Hall–Kier alpha value is -1.14. The van der Waals surface area contributed by atoms with Crippen molar-refractivity contribution in [2.24, 2.45) is 0 Å². The molecule has 0 spiro atoms. The highest BCUT2D eigenvalue weighted by molar-refractivity contribution is 5.94. The lowest BCUT2D eigenvalue weighted by Gasteiger charge is -2.39. The minimum Gasteiger partial charge on any atom is -0.447 e. The van der Waals surface area contributed by atoms with Crippen LogP contribution in [0.1, 0.15) is 26.7 Å². The van der Waals surface area contributed by atoms with Gasteiger partial charge in [-0.15, -0.1) is 0 Å². The molecule has 6 nitrogen and oxygen atoms in total. The monoisotopic (exact) mass is 269 g/mol. The number of nitrogens with zero attached hydrogens (tertiary/aromatic N) is 2. The normalized spacial score (nSPS) is 28.5. The highest BCUT2D eigenvalue weighted by Crippen LogP contribution is 2.13. The number of hydrogen-bond acceptors (Lipinski definition) is 5. The first kappa shape index (κ1) is 14.3. The molecular formula is C13H23N3O3. The molecule has 0 bridgehead atoms. The summed E-state index contributed by atoms with van der Waals surface area (Å²) in [6.45, 7) is 7.06. The van der Waals surface area contributed by atoms with Gasteiger partial charge in [-0.2, -0.15) is 0 Å². The van der Waals surface area contributed by atoms with Crippen LogP contribution >= 0.6 is 0 Å². The SMILES string of the molecule is CCC1CN(CC(=O)N2CCOC2=O)C(CC)CN1. The molecule has 0 saturated carbocycles. The van der Waals surface area contributed by atoms with Crippen molar-refractivity contribution in [3.8, 4) is 0 Å². The molecule has 0 aromatic heterocycles. The Bertz CT molecular complexity index is 348. The van der Waals surface area contributed by atoms with E-state index in [1.54, 1.807) is 0 Å². The van der Waals surface area contributed by atoms with E-state index in [0.29, 0.717) is 31.8 Å². The molecule has 2 heterocycles. The van der Waals surface area contributed by atoms with E-state index >= 15 is 0 Å². The smallest absolute Gasteiger partial charge is 0.416 e. The van der Waals surface area contributed by atoms with Crippen molar-refractivity contribution < 1.29 is 14.3 Å². The zero-order valence-electron chi connectivity index (χ0n) is 11.7. The Morgan fingerprint density at radius 2 is 2.21 bits per heavy atom. The number of carbonyl (C=O) groups is 2. The molecule has 19 heavy (non-hydrogen) atoms. The molecule has 2 amide bonds. The number of piperazine rings is 1. The topological polar surface area (TPSA) is 61.9 Å². The Morgan fingerprint density at radius 1 is 1.42 bits per heavy atom. The number of rotatable bonds is 4. The van der Waals surface area contributed by atoms with Crippen LogP contribution in [0.4, 0.5) is 4.79 Å². The zero-order valence-corrected chi connectivity index (χ0v) is 11.7. The van der Waals surface area contributed by atoms with Crippen LogP contribution in [-0.2, 0) is 9.53 Å². The number of hydrogen-bond donors (Lipinski definition) is 1. The number of nitrogens with one attached hydrogen (secondary N) is 1. The summed E-state index contributed by atoms with van der Waals surface area (Å²) in [5.74, 6) is -0.141. The van der Waals surface area contributed by atoms with Crippen molar-refractivity contribution in [1.29, 1.82) is 0 Å². The van der Waals surface area contributed by atoms with E-state index in [4.69, 9.17) is 4.74 Å². The maximum absolute atomic E-state index is 12.1. The summed E-state index contributed by atoms with van der Waals surface area (Å²) < 4.78 is 4.81. The average molecular weight is 269 g/mol. The second kappa shape index (κ2) is 6.34. The number of amides is 2. The van der Waals surface area contributed by atoms with Crippen molar-refractivity contribution in [2.45, 2.75) is 38.8 Å². The number of carbonyl (C=O) groups excluding carboxylic acids is 2. The zero-order chi connectivity index (χ0) is 13.8. The van der Waals surface area contributed by atoms with Crippen LogP contribution < -0.4 is 5.32 Å². The predicted molar refractivity (Wildman–Crippen MR) is 70.8 cm³/mol. The lowest BCUT2D eigenvalue weighted by molar-refractivity contribution is -0.130. The van der Waals surface area contributed by atoms with Crippen LogP contribution in [0.15, 0.2) is 0 Å². The molecule has 1 N–H and O–H groups in total. The van der Waals surface area contributed by atoms with E-state index in [1.165, 1.54) is 4.90 Å². The summed E-state index contributed by atoms with van der Waals surface area (Å²) in [7, 11) is 0. The van der Waals surface area contributed by atoms with Crippen LogP contribution in [0.25, 0.3) is 0 Å². The Morgan fingerprint density at radius 3 is 2.79 bits per heavy atom. The molecule has 0 aromatic rings. The van der Waals surface area contributed by atoms with E-state index in [9.17, 15) is 9.59 Å². The largest absolute Gasteiger partial charge is 0.447 e. The molecule has 2 aliphatic heterocycles. The average Bonchev–Trinajstić information content (AvgIpc) is 2.85. The number of ether oxygens (including phenoxy) is 1. The molecule has 2 saturated heterocycles. The standard InChI is InChI=1S/C13H23N3O3/c1-3-10-8-15(11(4-2)7-14-10)9-12(17)16-5-6-19-13(16)18/h10-11,14H,3-9H2,1-2H3. The van der Waals surface area contributed by atoms with Crippen molar-refractivity contribution in [2.75, 3.05) is 32.8 Å². The van der Waals surface area contributed by atoms with E-state index < -0.39 is 6.09 Å². The van der Waals surface area contributed by atoms with Crippen molar-refractivity contribution in [3.63, 3.8) is 0 Å². The molecule has 0 aliphatic carbocycles. The Labute approximate surface area is 114 Å². The number of cyclic esters (lactones) is 1. The Kier molecular flexibility index (Phi) is 4.76. The van der Waals surface area contributed by atoms with E-state index in [0.717, 1.165) is 25.9 Å². The fourth-order valence-corrected chi connectivity index (χ4v) is 2.68. The third kappa shape index (κ3) is 3.25. The lowest BCUT2D eigenvalue weighted by Crippen LogP contribution is -2.58. The molecule has 2 fully saturated rings. The van der Waals surface area contributed by atoms with Crippen LogP contribution in [-0.4, -0.2) is 66.7 Å². The summed E-state index contributed by atoms with van der Waals surface area (Å²) in [6, 6.07) is 0.798. The first-order chi connectivity index (χ1) is 9.15. The van der Waals surface area contributed by atoms with Crippen LogP contribution in [0.3, 0.4) is 0 Å². The van der Waals surface area contributed by atoms with Gasteiger partial charge in [0.2, 0.25) is 5.91 Å². The summed E-state index contributed by atoms with van der Waals surface area (Å²) in [6.07, 6.45) is 1.55. The summed E-state index contributed by atoms with van der Waals surface area (Å²) >= 11 is 0. The van der Waals surface area contributed by atoms with Crippen molar-refractivity contribution >= 4 is 12.0 Å². The van der Waals surface area contributed by atoms with E-state index in [-0.39, 0.29) is 5.91 Å². The molecule has 2 aliphatic rings. The van der Waals surface area contributed by atoms with Gasteiger partial charge >= 0.3 is 6.09 Å². The number of imide groups is 1. The van der Waals surface area contributed by atoms with Gasteiger partial charge in [-0.1, -0.05) is 13.8 Å². The lowest BCUT2D eigenvalue weighted by atomic mass is 10.1. The minimum absolute atomic E-state index is 0.141. The van der Waals surface area contributed by atoms with Gasteiger partial charge in [0.25, 0.3) is 0 Å². The first-order valence-electron chi connectivity index (χ1n) is 7.10. The molecule has 0 aromatic carbocycles. The van der Waals surface area contributed by atoms with Crippen LogP contribution in [0.5, 0.6) is 0 Å². The molecule has 2 rings (SSSR count). The highest BCUT2D eigenvalue weighted by Gasteiger charge is 2.33. The molecule has 2 unspecified atom stereocenters. The summed E-state index contributed by atoms with van der Waals surface area (Å²) in [5, 5.41) is 3.49. The van der Waals surface area contributed by atoms with Gasteiger partial charge in [-0.25, -0.2) is 9.69 Å². The van der Waals surface area contributed by atoms with Crippen molar-refractivity contribution in [3.05, 3.63) is 0 Å². The van der Waals surface area contributed by atoms with Gasteiger partial charge in [0, 0.05) is 25.2 Å². The molecular weight excluding hydrogens is 246 g/mol. The first-order valence-corrected chi connectivity index (χ1v) is 7.10. The fraction of sp³-hybridized carbons (Fsp3) is 0.846. The highest BCUT2D eigenvalue weighted by atomic mass is 16.6. The molecule has 6 heteroatoms. The second-order valence-corrected chi connectivity index (χ2v) is 5.16. The van der Waals surface area contributed by atoms with E-state index in [1.807, 2.05) is 0 Å².